The van der Waals surface area contributed by atoms with Crippen molar-refractivity contribution < 1.29 is 4.79 Å². The number of anilines is 2. The Hall–Kier alpha value is -2.40. The Balaban J connectivity index is 2.19. The van der Waals surface area contributed by atoms with Crippen molar-refractivity contribution in [2.24, 2.45) is 0 Å². The second kappa shape index (κ2) is 7.04. The average Bonchev–Trinajstić information content (AvgIpc) is 2.48. The predicted octanol–water partition coefficient (Wildman–Crippen LogP) is 3.60. The summed E-state index contributed by atoms with van der Waals surface area (Å²) in [5.41, 5.74) is 2.57. The number of benzene rings is 1. The van der Waals surface area contributed by atoms with Crippen molar-refractivity contribution in [3.63, 3.8) is 0 Å². The minimum absolute atomic E-state index is 0.288. The molecule has 6 heteroatoms. The Morgan fingerprint density at radius 1 is 1.32 bits per heavy atom. The number of carbonyl (C=O) groups is 1. The minimum atomic E-state index is -0.313. The number of amides is 1. The quantitative estimate of drug-likeness (QED) is 0.827. The normalized spacial score (nSPS) is 10.1. The van der Waals surface area contributed by atoms with Gasteiger partial charge in [-0.15, -0.1) is 6.58 Å². The van der Waals surface area contributed by atoms with Gasteiger partial charge in [-0.25, -0.2) is 9.97 Å². The number of hydrogen-bond donors (Lipinski definition) is 2. The lowest BCUT2D eigenvalue weighted by Gasteiger charge is -2.09. The van der Waals surface area contributed by atoms with Crippen LogP contribution in [-0.2, 0) is 0 Å². The fourth-order valence-corrected chi connectivity index (χ4v) is 1.97. The van der Waals surface area contributed by atoms with Gasteiger partial charge in [0.15, 0.2) is 0 Å². The highest BCUT2D eigenvalue weighted by Gasteiger charge is 2.11. The van der Waals surface area contributed by atoms with Crippen LogP contribution in [0.4, 0.5) is 11.6 Å². The van der Waals surface area contributed by atoms with Crippen LogP contribution >= 0.6 is 11.6 Å². The third-order valence-corrected chi connectivity index (χ3v) is 3.33. The van der Waals surface area contributed by atoms with Gasteiger partial charge in [0.25, 0.3) is 5.91 Å². The van der Waals surface area contributed by atoms with Crippen molar-refractivity contribution in [3.8, 4) is 0 Å². The maximum atomic E-state index is 12.3. The zero-order valence-electron chi connectivity index (χ0n) is 12.5. The summed E-state index contributed by atoms with van der Waals surface area (Å²) in [5, 5.41) is 6.35. The van der Waals surface area contributed by atoms with Gasteiger partial charge in [-0.05, 0) is 37.6 Å². The highest BCUT2D eigenvalue weighted by atomic mass is 35.5. The van der Waals surface area contributed by atoms with Crippen LogP contribution in [0.15, 0.2) is 36.9 Å². The van der Waals surface area contributed by atoms with Gasteiger partial charge in [-0.3, -0.25) is 4.79 Å². The van der Waals surface area contributed by atoms with E-state index < -0.39 is 0 Å². The van der Waals surface area contributed by atoms with Crippen LogP contribution in [0.5, 0.6) is 0 Å². The summed E-state index contributed by atoms with van der Waals surface area (Å²) >= 11 is 6.05. The Morgan fingerprint density at radius 3 is 2.77 bits per heavy atom. The first-order valence-electron chi connectivity index (χ1n) is 6.77. The van der Waals surface area contributed by atoms with Gasteiger partial charge >= 0.3 is 0 Å². The molecule has 0 atom stereocenters. The van der Waals surface area contributed by atoms with E-state index in [1.54, 1.807) is 31.2 Å². The third kappa shape index (κ3) is 4.05. The van der Waals surface area contributed by atoms with E-state index in [9.17, 15) is 4.79 Å². The molecule has 5 nitrogen and oxygen atoms in total. The smallest absolute Gasteiger partial charge is 0.274 e. The SMILES string of the molecule is C=CCNc1nc(C)cc(C(=O)Nc2ccc(C)c(Cl)c2)n1. The molecule has 0 saturated heterocycles. The molecule has 2 aromatic rings. The molecule has 2 rings (SSSR count). The number of nitrogens with zero attached hydrogens (tertiary/aromatic N) is 2. The summed E-state index contributed by atoms with van der Waals surface area (Å²) in [4.78, 5) is 20.7. The minimum Gasteiger partial charge on any atom is -0.351 e. The Kier molecular flexibility index (Phi) is 5.12. The van der Waals surface area contributed by atoms with Gasteiger partial charge < -0.3 is 10.6 Å². The van der Waals surface area contributed by atoms with Crippen LogP contribution in [0.1, 0.15) is 21.7 Å². The van der Waals surface area contributed by atoms with Crippen molar-refractivity contribution in [2.45, 2.75) is 13.8 Å². The lowest BCUT2D eigenvalue weighted by atomic mass is 10.2. The summed E-state index contributed by atoms with van der Waals surface area (Å²) in [6.07, 6.45) is 1.69. The first-order valence-corrected chi connectivity index (χ1v) is 7.15. The third-order valence-electron chi connectivity index (χ3n) is 2.92. The highest BCUT2D eigenvalue weighted by Crippen LogP contribution is 2.20. The fraction of sp³-hybridized carbons (Fsp3) is 0.188. The largest absolute Gasteiger partial charge is 0.351 e. The van der Waals surface area contributed by atoms with E-state index in [1.165, 1.54) is 0 Å². The highest BCUT2D eigenvalue weighted by molar-refractivity contribution is 6.31. The number of aryl methyl sites for hydroxylation is 2. The van der Waals surface area contributed by atoms with Gasteiger partial charge in [-0.2, -0.15) is 0 Å². The summed E-state index contributed by atoms with van der Waals surface area (Å²) in [6.45, 7) is 7.85. The van der Waals surface area contributed by atoms with Gasteiger partial charge in [-0.1, -0.05) is 23.7 Å². The summed E-state index contributed by atoms with van der Waals surface area (Å²) < 4.78 is 0. The molecule has 0 unspecified atom stereocenters. The maximum Gasteiger partial charge on any atom is 0.274 e. The van der Waals surface area contributed by atoms with E-state index in [1.807, 2.05) is 13.0 Å². The van der Waals surface area contributed by atoms with Crippen LogP contribution in [0.2, 0.25) is 5.02 Å². The molecule has 2 N–H and O–H groups in total. The van der Waals surface area contributed by atoms with Crippen LogP contribution in [0.3, 0.4) is 0 Å². The van der Waals surface area contributed by atoms with Gasteiger partial charge in [0.2, 0.25) is 5.95 Å². The second-order valence-electron chi connectivity index (χ2n) is 4.81. The van der Waals surface area contributed by atoms with Crippen molar-refractivity contribution in [1.82, 2.24) is 9.97 Å². The van der Waals surface area contributed by atoms with E-state index >= 15 is 0 Å². The lowest BCUT2D eigenvalue weighted by molar-refractivity contribution is 0.102. The summed E-state index contributed by atoms with van der Waals surface area (Å²) in [7, 11) is 0. The van der Waals surface area contributed by atoms with Gasteiger partial charge in [0, 0.05) is 22.9 Å². The zero-order valence-corrected chi connectivity index (χ0v) is 13.2. The molecule has 1 amide bonds. The monoisotopic (exact) mass is 316 g/mol. The van der Waals surface area contributed by atoms with Crippen LogP contribution in [0, 0.1) is 13.8 Å². The van der Waals surface area contributed by atoms with E-state index in [0.29, 0.717) is 28.9 Å². The molecule has 0 aliphatic heterocycles. The number of rotatable bonds is 5. The second-order valence-corrected chi connectivity index (χ2v) is 5.21. The van der Waals surface area contributed by atoms with Crippen LogP contribution in [0.25, 0.3) is 0 Å². The van der Waals surface area contributed by atoms with Crippen molar-refractivity contribution >= 4 is 29.1 Å². The molecule has 0 saturated carbocycles. The zero-order chi connectivity index (χ0) is 16.1. The molecule has 0 fully saturated rings. The lowest BCUT2D eigenvalue weighted by Crippen LogP contribution is -2.16. The van der Waals surface area contributed by atoms with E-state index in [-0.39, 0.29) is 11.6 Å². The molecule has 1 aromatic carbocycles. The topological polar surface area (TPSA) is 66.9 Å². The van der Waals surface area contributed by atoms with Crippen LogP contribution < -0.4 is 10.6 Å². The predicted molar refractivity (Wildman–Crippen MR) is 89.6 cm³/mol. The molecule has 22 heavy (non-hydrogen) atoms. The first-order chi connectivity index (χ1) is 10.5. The molecule has 1 heterocycles. The molecule has 1 aromatic heterocycles. The number of nitrogens with one attached hydrogen (secondary N) is 2. The summed E-state index contributed by atoms with van der Waals surface area (Å²) in [5.74, 6) is 0.0825. The molecule has 0 spiro atoms. The average molecular weight is 317 g/mol. The molecule has 0 bridgehead atoms. The van der Waals surface area contributed by atoms with Gasteiger partial charge in [0.1, 0.15) is 5.69 Å². The standard InChI is InChI=1S/C16H17ClN4O/c1-4-7-18-16-19-11(3)8-14(21-16)15(22)20-12-6-5-10(2)13(17)9-12/h4-6,8-9H,1,7H2,2-3H3,(H,20,22)(H,18,19,21). The van der Waals surface area contributed by atoms with Crippen molar-refractivity contribution in [1.29, 1.82) is 0 Å². The molecule has 0 aliphatic carbocycles. The Bertz CT molecular complexity index is 715. The van der Waals surface area contributed by atoms with E-state index in [4.69, 9.17) is 11.6 Å². The van der Waals surface area contributed by atoms with Crippen molar-refractivity contribution in [2.75, 3.05) is 17.2 Å². The Labute approximate surface area is 134 Å². The summed E-state index contributed by atoms with van der Waals surface area (Å²) in [6, 6.07) is 6.98. The molecule has 114 valence electrons. The first kappa shape index (κ1) is 16.0. The van der Waals surface area contributed by atoms with Crippen LogP contribution in [-0.4, -0.2) is 22.4 Å². The van der Waals surface area contributed by atoms with E-state index in [2.05, 4.69) is 27.2 Å². The number of hydrogen-bond acceptors (Lipinski definition) is 4. The number of halogens is 1. The number of aromatic nitrogens is 2. The number of carbonyl (C=O) groups excluding carboxylic acids is 1. The maximum absolute atomic E-state index is 12.3. The fourth-order valence-electron chi connectivity index (χ4n) is 1.79. The van der Waals surface area contributed by atoms with Crippen molar-refractivity contribution in [3.05, 3.63) is 58.9 Å². The Morgan fingerprint density at radius 2 is 2.09 bits per heavy atom. The molecule has 0 radical (unpaired) electrons. The molecular formula is C16H17ClN4O. The van der Waals surface area contributed by atoms with Gasteiger partial charge in [0.05, 0.1) is 0 Å². The molecular weight excluding hydrogens is 300 g/mol. The van der Waals surface area contributed by atoms with E-state index in [0.717, 1.165) is 5.56 Å². The molecule has 0 aliphatic rings.